The lowest BCUT2D eigenvalue weighted by Crippen LogP contribution is -2.50. The van der Waals surface area contributed by atoms with Crippen LogP contribution in [0.2, 0.25) is 0 Å². The first-order chi connectivity index (χ1) is 11.5. The summed E-state index contributed by atoms with van der Waals surface area (Å²) in [4.78, 5) is 13.7. The van der Waals surface area contributed by atoms with Gasteiger partial charge in [-0.25, -0.2) is 4.79 Å². The van der Waals surface area contributed by atoms with Crippen molar-refractivity contribution in [3.05, 3.63) is 29.3 Å². The fourth-order valence-corrected chi connectivity index (χ4v) is 3.00. The third-order valence-electron chi connectivity index (χ3n) is 4.44. The molecule has 130 valence electrons. The Bertz CT molecular complexity index is 600. The van der Waals surface area contributed by atoms with E-state index in [9.17, 15) is 15.0 Å². The number of aliphatic hydroxyl groups is 1. The first-order valence-corrected chi connectivity index (χ1v) is 8.42. The molecule has 0 aliphatic carbocycles. The van der Waals surface area contributed by atoms with E-state index < -0.39 is 5.97 Å². The molecule has 3 aliphatic rings. The highest BCUT2D eigenvalue weighted by Gasteiger charge is 2.32. The van der Waals surface area contributed by atoms with E-state index >= 15 is 0 Å². The highest BCUT2D eigenvalue weighted by molar-refractivity contribution is 5.92. The number of nitrogens with zero attached hydrogens (tertiary/aromatic N) is 1. The number of terminal acetylenes is 1. The topological polar surface area (TPSA) is 70.0 Å². The molecule has 5 nitrogen and oxygen atoms in total. The number of rotatable bonds is 3. The second-order valence-electron chi connectivity index (χ2n) is 6.22. The van der Waals surface area contributed by atoms with Crippen molar-refractivity contribution >= 4 is 5.97 Å². The molecule has 0 radical (unpaired) electrons. The molecule has 5 heteroatoms. The number of hydrogen-bond donors (Lipinski definition) is 2. The third-order valence-corrected chi connectivity index (χ3v) is 4.44. The Balaban J connectivity index is 0.000000194. The Morgan fingerprint density at radius 3 is 2.54 bits per heavy atom. The van der Waals surface area contributed by atoms with Crippen molar-refractivity contribution in [3.63, 3.8) is 0 Å². The van der Waals surface area contributed by atoms with Crippen LogP contribution in [-0.4, -0.2) is 53.4 Å². The number of phenolic OH excluding ortho intramolecular Hbond substituents is 1. The zero-order valence-electron chi connectivity index (χ0n) is 14.1. The molecule has 24 heavy (non-hydrogen) atoms. The van der Waals surface area contributed by atoms with Crippen molar-refractivity contribution in [2.45, 2.75) is 32.3 Å². The van der Waals surface area contributed by atoms with Crippen molar-refractivity contribution in [2.75, 3.05) is 26.2 Å². The van der Waals surface area contributed by atoms with Crippen LogP contribution < -0.4 is 0 Å². The normalized spacial score (nSPS) is 24.5. The average Bonchev–Trinajstić information content (AvgIpc) is 2.61. The highest BCUT2D eigenvalue weighted by atomic mass is 16.5. The van der Waals surface area contributed by atoms with Gasteiger partial charge in [-0.2, -0.15) is 0 Å². The van der Waals surface area contributed by atoms with Gasteiger partial charge < -0.3 is 19.8 Å². The maximum atomic E-state index is 11.4. The predicted molar refractivity (Wildman–Crippen MR) is 91.8 cm³/mol. The van der Waals surface area contributed by atoms with Gasteiger partial charge in [-0.3, -0.25) is 0 Å². The average molecular weight is 331 g/mol. The van der Waals surface area contributed by atoms with Crippen molar-refractivity contribution in [1.82, 2.24) is 4.90 Å². The SMILES string of the molecule is C#Cc1ccc(C(=O)OCCC)c(O)c1.OC1CN2CCC1CC2. The number of ether oxygens (including phenoxy) is 1. The smallest absolute Gasteiger partial charge is 0.341 e. The number of benzene rings is 1. The molecule has 0 saturated carbocycles. The molecule has 1 atom stereocenters. The quantitative estimate of drug-likeness (QED) is 0.655. The van der Waals surface area contributed by atoms with E-state index in [-0.39, 0.29) is 17.4 Å². The minimum atomic E-state index is -0.530. The number of fused-ring (bicyclic) bond motifs is 3. The molecule has 2 N–H and O–H groups in total. The lowest BCUT2D eigenvalue weighted by atomic mass is 9.86. The molecule has 1 aromatic carbocycles. The summed E-state index contributed by atoms with van der Waals surface area (Å²) in [5, 5.41) is 18.9. The fraction of sp³-hybridized carbons (Fsp3) is 0.526. The van der Waals surface area contributed by atoms with Crippen LogP contribution in [-0.2, 0) is 4.74 Å². The summed E-state index contributed by atoms with van der Waals surface area (Å²) in [6.45, 7) is 5.62. The highest BCUT2D eigenvalue weighted by Crippen LogP contribution is 2.26. The number of esters is 1. The third kappa shape index (κ3) is 4.73. The van der Waals surface area contributed by atoms with Crippen LogP contribution in [0.1, 0.15) is 42.1 Å². The number of carbonyl (C=O) groups is 1. The zero-order valence-corrected chi connectivity index (χ0v) is 14.1. The number of piperidine rings is 3. The van der Waals surface area contributed by atoms with Gasteiger partial charge in [0.15, 0.2) is 0 Å². The minimum Gasteiger partial charge on any atom is -0.507 e. The van der Waals surface area contributed by atoms with Crippen molar-refractivity contribution in [1.29, 1.82) is 0 Å². The second-order valence-corrected chi connectivity index (χ2v) is 6.22. The number of aromatic hydroxyl groups is 1. The molecule has 1 aromatic rings. The van der Waals surface area contributed by atoms with Gasteiger partial charge in [0, 0.05) is 12.1 Å². The Morgan fingerprint density at radius 1 is 1.42 bits per heavy atom. The minimum absolute atomic E-state index is 0.00694. The lowest BCUT2D eigenvalue weighted by molar-refractivity contribution is -0.0227. The first kappa shape index (κ1) is 18.3. The number of carbonyl (C=O) groups excluding carboxylic acids is 1. The van der Waals surface area contributed by atoms with E-state index in [1.54, 1.807) is 6.07 Å². The molecule has 0 aromatic heterocycles. The number of hydrogen-bond acceptors (Lipinski definition) is 5. The molecule has 0 amide bonds. The van der Waals surface area contributed by atoms with Gasteiger partial charge in [0.2, 0.25) is 0 Å². The van der Waals surface area contributed by atoms with E-state index in [2.05, 4.69) is 10.8 Å². The van der Waals surface area contributed by atoms with E-state index in [1.165, 1.54) is 38.1 Å². The maximum absolute atomic E-state index is 11.4. The van der Waals surface area contributed by atoms with E-state index in [4.69, 9.17) is 11.2 Å². The van der Waals surface area contributed by atoms with E-state index in [1.807, 2.05) is 6.92 Å². The van der Waals surface area contributed by atoms with Crippen LogP contribution in [0.3, 0.4) is 0 Å². The van der Waals surface area contributed by atoms with Crippen LogP contribution in [0, 0.1) is 18.3 Å². The van der Waals surface area contributed by atoms with Crippen LogP contribution in [0.5, 0.6) is 5.75 Å². The summed E-state index contributed by atoms with van der Waals surface area (Å²) in [6.07, 6.45) is 8.33. The molecule has 3 aliphatic heterocycles. The van der Waals surface area contributed by atoms with Gasteiger partial charge in [-0.05, 0) is 56.5 Å². The molecule has 3 heterocycles. The van der Waals surface area contributed by atoms with E-state index in [0.29, 0.717) is 18.1 Å². The predicted octanol–water partition coefficient (Wildman–Crippen LogP) is 2.01. The van der Waals surface area contributed by atoms with Gasteiger partial charge in [-0.1, -0.05) is 12.8 Å². The first-order valence-electron chi connectivity index (χ1n) is 8.42. The standard InChI is InChI=1S/C12H12O3.C7H13NO/c1-3-7-15-12(14)10-6-5-9(4-2)8-11(10)13;9-7-5-8-3-1-6(7)2-4-8/h2,5-6,8,13H,3,7H2,1H3;6-7,9H,1-5H2. The van der Waals surface area contributed by atoms with Gasteiger partial charge >= 0.3 is 5.97 Å². The Labute approximate surface area is 143 Å². The van der Waals surface area contributed by atoms with Gasteiger partial charge in [0.05, 0.1) is 12.7 Å². The van der Waals surface area contributed by atoms with Crippen molar-refractivity contribution < 1.29 is 19.7 Å². The molecule has 3 fully saturated rings. The van der Waals surface area contributed by atoms with Crippen LogP contribution in [0.25, 0.3) is 0 Å². The molecule has 2 bridgehead atoms. The number of aliphatic hydroxyl groups excluding tert-OH is 1. The van der Waals surface area contributed by atoms with Gasteiger partial charge in [-0.15, -0.1) is 6.42 Å². The van der Waals surface area contributed by atoms with Gasteiger partial charge in [0.25, 0.3) is 0 Å². The summed E-state index contributed by atoms with van der Waals surface area (Å²) in [5.41, 5.74) is 0.669. The molecular weight excluding hydrogens is 306 g/mol. The fourth-order valence-electron chi connectivity index (χ4n) is 3.00. The molecular formula is C19H25NO4. The summed E-state index contributed by atoms with van der Waals surface area (Å²) in [5.74, 6) is 2.32. The van der Waals surface area contributed by atoms with Crippen LogP contribution in [0.15, 0.2) is 18.2 Å². The maximum Gasteiger partial charge on any atom is 0.341 e. The monoisotopic (exact) mass is 331 g/mol. The molecule has 3 saturated heterocycles. The van der Waals surface area contributed by atoms with Crippen LogP contribution >= 0.6 is 0 Å². The molecule has 4 rings (SSSR count). The molecule has 0 spiro atoms. The van der Waals surface area contributed by atoms with Crippen molar-refractivity contribution in [3.8, 4) is 18.1 Å². The Kier molecular flexibility index (Phi) is 6.65. The Morgan fingerprint density at radius 2 is 2.12 bits per heavy atom. The summed E-state index contributed by atoms with van der Waals surface area (Å²) < 4.78 is 4.88. The summed E-state index contributed by atoms with van der Waals surface area (Å²) in [7, 11) is 0. The zero-order chi connectivity index (χ0) is 17.5. The lowest BCUT2D eigenvalue weighted by Gasteiger charge is -2.42. The summed E-state index contributed by atoms with van der Waals surface area (Å²) in [6, 6.07) is 4.41. The largest absolute Gasteiger partial charge is 0.507 e. The van der Waals surface area contributed by atoms with Crippen LogP contribution in [0.4, 0.5) is 0 Å². The Hall–Kier alpha value is -2.03. The van der Waals surface area contributed by atoms with Gasteiger partial charge in [0.1, 0.15) is 11.3 Å². The second kappa shape index (κ2) is 8.72. The van der Waals surface area contributed by atoms with E-state index in [0.717, 1.165) is 13.0 Å². The summed E-state index contributed by atoms with van der Waals surface area (Å²) >= 11 is 0. The molecule has 1 unspecified atom stereocenters. The number of phenols is 1. The van der Waals surface area contributed by atoms with Crippen molar-refractivity contribution in [2.24, 2.45) is 5.92 Å².